The van der Waals surface area contributed by atoms with Crippen LogP contribution in [-0.2, 0) is 0 Å². The number of nitrogens with zero attached hydrogens (tertiary/aromatic N) is 1. The molecule has 0 saturated carbocycles. The summed E-state index contributed by atoms with van der Waals surface area (Å²) in [6, 6.07) is 9.48. The van der Waals surface area contributed by atoms with Crippen LogP contribution in [0.3, 0.4) is 0 Å². The lowest BCUT2D eigenvalue weighted by Gasteiger charge is -2.23. The van der Waals surface area contributed by atoms with Crippen LogP contribution in [0.5, 0.6) is 0 Å². The summed E-state index contributed by atoms with van der Waals surface area (Å²) < 4.78 is 37.0. The molecule has 1 rings (SSSR count). The van der Waals surface area contributed by atoms with Crippen molar-refractivity contribution in [3.63, 3.8) is 0 Å². The van der Waals surface area contributed by atoms with Crippen LogP contribution >= 0.6 is 0 Å². The molecular formula is C13H19F3N2. The van der Waals surface area contributed by atoms with E-state index in [1.54, 1.807) is 0 Å². The number of halogens is 3. The number of anilines is 1. The van der Waals surface area contributed by atoms with Gasteiger partial charge in [0.1, 0.15) is 0 Å². The Morgan fingerprint density at radius 2 is 1.78 bits per heavy atom. The van der Waals surface area contributed by atoms with Gasteiger partial charge in [0.2, 0.25) is 0 Å². The first-order valence-electron chi connectivity index (χ1n) is 6.09. The first-order valence-corrected chi connectivity index (χ1v) is 6.09. The van der Waals surface area contributed by atoms with E-state index in [0.29, 0.717) is 19.6 Å². The Kier molecular flexibility index (Phi) is 5.98. The minimum atomic E-state index is -4.12. The quantitative estimate of drug-likeness (QED) is 0.808. The molecule has 0 heterocycles. The Bertz CT molecular complexity index is 325. The van der Waals surface area contributed by atoms with Gasteiger partial charge >= 0.3 is 6.18 Å². The van der Waals surface area contributed by atoms with Crippen molar-refractivity contribution in [1.82, 2.24) is 4.90 Å². The third-order valence-corrected chi connectivity index (χ3v) is 2.47. The fourth-order valence-corrected chi connectivity index (χ4v) is 1.75. The molecule has 0 aliphatic carbocycles. The van der Waals surface area contributed by atoms with E-state index in [-0.39, 0.29) is 0 Å². The maximum atomic E-state index is 12.3. The molecule has 1 aromatic carbocycles. The third kappa shape index (κ3) is 6.49. The molecule has 0 bridgehead atoms. The van der Waals surface area contributed by atoms with Crippen LogP contribution in [0.4, 0.5) is 18.9 Å². The molecule has 5 heteroatoms. The highest BCUT2D eigenvalue weighted by Crippen LogP contribution is 2.16. The lowest BCUT2D eigenvalue weighted by molar-refractivity contribution is -0.145. The number of alkyl halides is 3. The maximum Gasteiger partial charge on any atom is 0.401 e. The molecule has 0 radical (unpaired) electrons. The Hall–Kier alpha value is -1.23. The highest BCUT2D eigenvalue weighted by Gasteiger charge is 2.29. The van der Waals surface area contributed by atoms with Crippen molar-refractivity contribution in [3.05, 3.63) is 30.3 Å². The van der Waals surface area contributed by atoms with Crippen LogP contribution < -0.4 is 5.32 Å². The number of rotatable bonds is 7. The smallest absolute Gasteiger partial charge is 0.384 e. The molecule has 102 valence electrons. The molecule has 2 nitrogen and oxygen atoms in total. The fourth-order valence-electron chi connectivity index (χ4n) is 1.75. The lowest BCUT2D eigenvalue weighted by atomic mass is 10.3. The topological polar surface area (TPSA) is 15.3 Å². The largest absolute Gasteiger partial charge is 0.401 e. The summed E-state index contributed by atoms with van der Waals surface area (Å²) in [7, 11) is 0. The monoisotopic (exact) mass is 260 g/mol. The van der Waals surface area contributed by atoms with E-state index in [4.69, 9.17) is 0 Å². The van der Waals surface area contributed by atoms with Crippen LogP contribution in [0.15, 0.2) is 30.3 Å². The van der Waals surface area contributed by atoms with E-state index in [1.165, 1.54) is 4.90 Å². The summed E-state index contributed by atoms with van der Waals surface area (Å²) >= 11 is 0. The van der Waals surface area contributed by atoms with Gasteiger partial charge in [-0.3, -0.25) is 4.90 Å². The van der Waals surface area contributed by atoms with Gasteiger partial charge in [-0.15, -0.1) is 0 Å². The first-order chi connectivity index (χ1) is 8.51. The van der Waals surface area contributed by atoms with Crippen molar-refractivity contribution < 1.29 is 13.2 Å². The zero-order valence-electron chi connectivity index (χ0n) is 10.5. The first kappa shape index (κ1) is 14.8. The second kappa shape index (κ2) is 7.26. The predicted molar refractivity (Wildman–Crippen MR) is 67.7 cm³/mol. The number of nitrogens with one attached hydrogen (secondary N) is 1. The van der Waals surface area contributed by atoms with Crippen LogP contribution in [-0.4, -0.2) is 37.3 Å². The Balaban J connectivity index is 2.33. The van der Waals surface area contributed by atoms with Crippen molar-refractivity contribution in [2.24, 2.45) is 0 Å². The average molecular weight is 260 g/mol. The molecule has 1 N–H and O–H groups in total. The molecule has 0 spiro atoms. The van der Waals surface area contributed by atoms with Gasteiger partial charge in [-0.05, 0) is 25.1 Å². The van der Waals surface area contributed by atoms with Gasteiger partial charge in [-0.25, -0.2) is 0 Å². The van der Waals surface area contributed by atoms with E-state index in [0.717, 1.165) is 12.1 Å². The van der Waals surface area contributed by atoms with Gasteiger partial charge < -0.3 is 5.32 Å². The van der Waals surface area contributed by atoms with Gasteiger partial charge in [0.05, 0.1) is 6.54 Å². The normalized spacial score (nSPS) is 11.8. The van der Waals surface area contributed by atoms with Crippen molar-refractivity contribution in [1.29, 1.82) is 0 Å². The highest BCUT2D eigenvalue weighted by atomic mass is 19.4. The molecule has 0 aliphatic heterocycles. The van der Waals surface area contributed by atoms with Crippen molar-refractivity contribution in [3.8, 4) is 0 Å². The molecule has 0 atom stereocenters. The number of benzene rings is 1. The number of hydrogen-bond donors (Lipinski definition) is 1. The average Bonchev–Trinajstić information content (AvgIpc) is 2.28. The molecule has 0 unspecified atom stereocenters. The Morgan fingerprint density at radius 1 is 1.11 bits per heavy atom. The van der Waals surface area contributed by atoms with Crippen LogP contribution in [0.2, 0.25) is 0 Å². The third-order valence-electron chi connectivity index (χ3n) is 2.47. The minimum Gasteiger partial charge on any atom is -0.384 e. The van der Waals surface area contributed by atoms with E-state index < -0.39 is 12.7 Å². The lowest BCUT2D eigenvalue weighted by Crippen LogP contribution is -2.37. The predicted octanol–water partition coefficient (Wildman–Crippen LogP) is 3.37. The van der Waals surface area contributed by atoms with Gasteiger partial charge in [0.15, 0.2) is 0 Å². The van der Waals surface area contributed by atoms with Gasteiger partial charge in [-0.2, -0.15) is 13.2 Å². The minimum absolute atomic E-state index is 0.391. The number of hydrogen-bond acceptors (Lipinski definition) is 2. The van der Waals surface area contributed by atoms with Crippen molar-refractivity contribution in [2.45, 2.75) is 19.5 Å². The SMILES string of the molecule is CCCN(CCNc1ccccc1)CC(F)(F)F. The van der Waals surface area contributed by atoms with Gasteiger partial charge in [-0.1, -0.05) is 25.1 Å². The molecule has 18 heavy (non-hydrogen) atoms. The highest BCUT2D eigenvalue weighted by molar-refractivity contribution is 5.42. The second-order valence-corrected chi connectivity index (χ2v) is 4.18. The van der Waals surface area contributed by atoms with Gasteiger partial charge in [0.25, 0.3) is 0 Å². The molecule has 0 aromatic heterocycles. The summed E-state index contributed by atoms with van der Waals surface area (Å²) in [5, 5.41) is 3.11. The molecular weight excluding hydrogens is 241 g/mol. The summed E-state index contributed by atoms with van der Waals surface area (Å²) in [5.74, 6) is 0. The Labute approximate surface area is 106 Å². The molecule has 0 saturated heterocycles. The molecule has 0 fully saturated rings. The zero-order valence-corrected chi connectivity index (χ0v) is 10.5. The number of para-hydroxylation sites is 1. The standard InChI is InChI=1S/C13H19F3N2/c1-2-9-18(11-13(14,15)16)10-8-17-12-6-4-3-5-7-12/h3-7,17H,2,8-11H2,1H3. The van der Waals surface area contributed by atoms with Crippen LogP contribution in [0.25, 0.3) is 0 Å². The van der Waals surface area contributed by atoms with E-state index >= 15 is 0 Å². The van der Waals surface area contributed by atoms with Crippen LogP contribution in [0.1, 0.15) is 13.3 Å². The molecule has 0 aliphatic rings. The summed E-state index contributed by atoms with van der Waals surface area (Å²) in [4.78, 5) is 1.43. The van der Waals surface area contributed by atoms with E-state index in [9.17, 15) is 13.2 Å². The van der Waals surface area contributed by atoms with Crippen molar-refractivity contribution in [2.75, 3.05) is 31.5 Å². The summed E-state index contributed by atoms with van der Waals surface area (Å²) in [5.41, 5.74) is 0.931. The van der Waals surface area contributed by atoms with Crippen molar-refractivity contribution >= 4 is 5.69 Å². The second-order valence-electron chi connectivity index (χ2n) is 4.18. The van der Waals surface area contributed by atoms with E-state index in [2.05, 4.69) is 5.32 Å². The van der Waals surface area contributed by atoms with E-state index in [1.807, 2.05) is 37.3 Å². The summed E-state index contributed by atoms with van der Waals surface area (Å²) in [6.07, 6.45) is -3.40. The fraction of sp³-hybridized carbons (Fsp3) is 0.538. The zero-order chi connectivity index (χ0) is 13.4. The van der Waals surface area contributed by atoms with Gasteiger partial charge in [0, 0.05) is 18.8 Å². The molecule has 0 amide bonds. The van der Waals surface area contributed by atoms with Crippen LogP contribution in [0, 0.1) is 0 Å². The Morgan fingerprint density at radius 3 is 2.33 bits per heavy atom. The molecule has 1 aromatic rings. The summed E-state index contributed by atoms with van der Waals surface area (Å²) in [6.45, 7) is 2.42. The maximum absolute atomic E-state index is 12.3.